The maximum absolute atomic E-state index is 12.6. The van der Waals surface area contributed by atoms with Crippen molar-refractivity contribution in [1.29, 1.82) is 0 Å². The SMILES string of the molecule is CCOc1cc(CNC(=NC)NCCc2nc(C(F)(F)F)cs2)ccc1OC. The van der Waals surface area contributed by atoms with Gasteiger partial charge in [0.25, 0.3) is 0 Å². The van der Waals surface area contributed by atoms with Gasteiger partial charge in [-0.1, -0.05) is 6.07 Å². The van der Waals surface area contributed by atoms with Crippen LogP contribution in [0.1, 0.15) is 23.2 Å². The normalized spacial score (nSPS) is 12.0. The average Bonchev–Trinajstić information content (AvgIpc) is 3.14. The molecule has 0 aliphatic rings. The van der Waals surface area contributed by atoms with E-state index in [4.69, 9.17) is 9.47 Å². The molecule has 0 saturated heterocycles. The van der Waals surface area contributed by atoms with Crippen LogP contribution in [0, 0.1) is 0 Å². The molecule has 0 unspecified atom stereocenters. The van der Waals surface area contributed by atoms with Crippen molar-refractivity contribution in [3.05, 3.63) is 39.8 Å². The lowest BCUT2D eigenvalue weighted by molar-refractivity contribution is -0.140. The Bertz CT molecular complexity index is 793. The van der Waals surface area contributed by atoms with Gasteiger partial charge in [0, 0.05) is 31.9 Å². The molecule has 0 amide bonds. The minimum Gasteiger partial charge on any atom is -0.493 e. The summed E-state index contributed by atoms with van der Waals surface area (Å²) < 4.78 is 48.5. The molecule has 2 rings (SSSR count). The number of benzene rings is 1. The number of aromatic nitrogens is 1. The number of nitrogens with one attached hydrogen (secondary N) is 2. The largest absolute Gasteiger partial charge is 0.493 e. The fourth-order valence-electron chi connectivity index (χ4n) is 2.35. The number of alkyl halides is 3. The number of halogens is 3. The van der Waals surface area contributed by atoms with Gasteiger partial charge in [-0.3, -0.25) is 4.99 Å². The third-order valence-corrected chi connectivity index (χ3v) is 4.59. The van der Waals surface area contributed by atoms with E-state index < -0.39 is 11.9 Å². The van der Waals surface area contributed by atoms with Crippen molar-refractivity contribution in [2.75, 3.05) is 27.3 Å². The predicted octanol–water partition coefficient (Wildman–Crippen LogP) is 3.48. The van der Waals surface area contributed by atoms with Crippen LogP contribution in [0.2, 0.25) is 0 Å². The number of ether oxygens (including phenoxy) is 2. The smallest absolute Gasteiger partial charge is 0.434 e. The van der Waals surface area contributed by atoms with Gasteiger partial charge in [0.05, 0.1) is 18.7 Å². The first-order valence-electron chi connectivity index (χ1n) is 8.63. The fraction of sp³-hybridized carbons (Fsp3) is 0.444. The van der Waals surface area contributed by atoms with E-state index in [2.05, 4.69) is 20.6 Å². The summed E-state index contributed by atoms with van der Waals surface area (Å²) in [5.41, 5.74) is 0.126. The van der Waals surface area contributed by atoms with Gasteiger partial charge in [-0.25, -0.2) is 4.98 Å². The van der Waals surface area contributed by atoms with Gasteiger partial charge in [-0.05, 0) is 24.6 Å². The first-order valence-corrected chi connectivity index (χ1v) is 9.51. The van der Waals surface area contributed by atoms with Crippen LogP contribution in [0.15, 0.2) is 28.6 Å². The van der Waals surface area contributed by atoms with Crippen molar-refractivity contribution < 1.29 is 22.6 Å². The number of methoxy groups -OCH3 is 1. The van der Waals surface area contributed by atoms with Gasteiger partial charge in [0.1, 0.15) is 0 Å². The Morgan fingerprint density at radius 3 is 2.64 bits per heavy atom. The summed E-state index contributed by atoms with van der Waals surface area (Å²) in [6.07, 6.45) is -4.03. The van der Waals surface area contributed by atoms with Crippen LogP contribution >= 0.6 is 11.3 Å². The van der Waals surface area contributed by atoms with Crippen LogP contribution in [0.3, 0.4) is 0 Å². The molecule has 1 aromatic heterocycles. The van der Waals surface area contributed by atoms with Gasteiger partial charge >= 0.3 is 6.18 Å². The van der Waals surface area contributed by atoms with Gasteiger partial charge in [-0.15, -0.1) is 11.3 Å². The molecule has 0 bridgehead atoms. The second kappa shape index (κ2) is 10.2. The molecule has 0 fully saturated rings. The van der Waals surface area contributed by atoms with Crippen molar-refractivity contribution in [3.63, 3.8) is 0 Å². The lowest BCUT2D eigenvalue weighted by atomic mass is 10.2. The summed E-state index contributed by atoms with van der Waals surface area (Å²) in [4.78, 5) is 7.72. The van der Waals surface area contributed by atoms with E-state index in [0.29, 0.717) is 48.6 Å². The molecule has 0 spiro atoms. The molecule has 0 atom stereocenters. The van der Waals surface area contributed by atoms with E-state index >= 15 is 0 Å². The Hall–Kier alpha value is -2.49. The highest BCUT2D eigenvalue weighted by Crippen LogP contribution is 2.30. The molecule has 28 heavy (non-hydrogen) atoms. The monoisotopic (exact) mass is 416 g/mol. The standard InChI is InChI=1S/C18H23F3N4O2S/c1-4-27-14-9-12(5-6-13(14)26-3)10-24-17(22-2)23-8-7-16-25-15(11-28-16)18(19,20)21/h5-6,9,11H,4,7-8,10H2,1-3H3,(H2,22,23,24). The second-order valence-electron chi connectivity index (χ2n) is 5.65. The number of guanidine groups is 1. The van der Waals surface area contributed by atoms with Crippen LogP contribution in [0.25, 0.3) is 0 Å². The average molecular weight is 416 g/mol. The van der Waals surface area contributed by atoms with Gasteiger partial charge in [0.2, 0.25) is 0 Å². The lowest BCUT2D eigenvalue weighted by Crippen LogP contribution is -2.37. The van der Waals surface area contributed by atoms with Crippen molar-refractivity contribution in [2.45, 2.75) is 26.1 Å². The van der Waals surface area contributed by atoms with Crippen LogP contribution < -0.4 is 20.1 Å². The fourth-order valence-corrected chi connectivity index (χ4v) is 3.15. The molecule has 2 N–H and O–H groups in total. The molecule has 0 radical (unpaired) electrons. The zero-order valence-corrected chi connectivity index (χ0v) is 16.7. The van der Waals surface area contributed by atoms with Gasteiger partial charge in [-0.2, -0.15) is 13.2 Å². The second-order valence-corrected chi connectivity index (χ2v) is 6.59. The van der Waals surface area contributed by atoms with Crippen LogP contribution in [-0.2, 0) is 19.1 Å². The van der Waals surface area contributed by atoms with Crippen LogP contribution in [0.5, 0.6) is 11.5 Å². The Labute approximate surface area is 165 Å². The number of rotatable bonds is 8. The third-order valence-electron chi connectivity index (χ3n) is 3.68. The summed E-state index contributed by atoms with van der Waals surface area (Å²) in [7, 11) is 3.21. The van der Waals surface area contributed by atoms with E-state index in [1.807, 2.05) is 25.1 Å². The molecule has 154 valence electrons. The minimum atomic E-state index is -4.40. The predicted molar refractivity (Wildman–Crippen MR) is 103 cm³/mol. The lowest BCUT2D eigenvalue weighted by Gasteiger charge is -2.14. The molecule has 6 nitrogen and oxygen atoms in total. The number of thiazole rings is 1. The Balaban J connectivity index is 1.84. The topological polar surface area (TPSA) is 67.8 Å². The first kappa shape index (κ1) is 21.8. The van der Waals surface area contributed by atoms with Crippen molar-refractivity contribution >= 4 is 17.3 Å². The van der Waals surface area contributed by atoms with Crippen molar-refractivity contribution in [2.24, 2.45) is 4.99 Å². The number of hydrogen-bond acceptors (Lipinski definition) is 5. The van der Waals surface area contributed by atoms with E-state index in [1.165, 1.54) is 0 Å². The Morgan fingerprint density at radius 1 is 1.25 bits per heavy atom. The molecule has 0 saturated carbocycles. The highest BCUT2D eigenvalue weighted by Gasteiger charge is 2.33. The first-order chi connectivity index (χ1) is 13.4. The Morgan fingerprint density at radius 2 is 2.04 bits per heavy atom. The van der Waals surface area contributed by atoms with Crippen LogP contribution in [0.4, 0.5) is 13.2 Å². The quantitative estimate of drug-likeness (QED) is 0.510. The highest BCUT2D eigenvalue weighted by atomic mass is 32.1. The summed E-state index contributed by atoms with van der Waals surface area (Å²) in [6, 6.07) is 5.63. The van der Waals surface area contributed by atoms with Gasteiger partial charge in [0.15, 0.2) is 23.2 Å². The summed E-state index contributed by atoms with van der Waals surface area (Å²) >= 11 is 0.998. The zero-order chi connectivity index (χ0) is 20.6. The number of hydrogen-bond donors (Lipinski definition) is 2. The maximum atomic E-state index is 12.6. The van der Waals surface area contributed by atoms with Crippen molar-refractivity contribution in [3.8, 4) is 11.5 Å². The van der Waals surface area contributed by atoms with Crippen molar-refractivity contribution in [1.82, 2.24) is 15.6 Å². The molecular weight excluding hydrogens is 393 g/mol. The maximum Gasteiger partial charge on any atom is 0.434 e. The van der Waals surface area contributed by atoms with E-state index in [9.17, 15) is 13.2 Å². The number of aliphatic imine (C=N–C) groups is 1. The molecule has 1 heterocycles. The summed E-state index contributed by atoms with van der Waals surface area (Å²) in [5.74, 6) is 1.87. The molecule has 10 heteroatoms. The van der Waals surface area contributed by atoms with Gasteiger partial charge < -0.3 is 20.1 Å². The minimum absolute atomic E-state index is 0.373. The molecule has 1 aromatic carbocycles. The third kappa shape index (κ3) is 6.29. The van der Waals surface area contributed by atoms with E-state index in [0.717, 1.165) is 22.3 Å². The zero-order valence-electron chi connectivity index (χ0n) is 15.9. The molecule has 0 aliphatic carbocycles. The van der Waals surface area contributed by atoms with E-state index in [1.54, 1.807) is 14.2 Å². The summed E-state index contributed by atoms with van der Waals surface area (Å²) in [6.45, 7) is 3.34. The number of nitrogens with zero attached hydrogens (tertiary/aromatic N) is 2. The van der Waals surface area contributed by atoms with E-state index in [-0.39, 0.29) is 0 Å². The molecular formula is C18H23F3N4O2S. The molecule has 0 aliphatic heterocycles. The Kier molecular flexibility index (Phi) is 7.91. The highest BCUT2D eigenvalue weighted by molar-refractivity contribution is 7.09. The molecule has 2 aromatic rings. The van der Waals surface area contributed by atoms with Crippen LogP contribution in [-0.4, -0.2) is 38.3 Å². The summed E-state index contributed by atoms with van der Waals surface area (Å²) in [5, 5.41) is 7.67.